The first-order valence-electron chi connectivity index (χ1n) is 7.19. The molecule has 0 spiro atoms. The Morgan fingerprint density at radius 2 is 1.48 bits per heavy atom. The van der Waals surface area contributed by atoms with Crippen LogP contribution in [0, 0.1) is 0 Å². The molecule has 0 aliphatic heterocycles. The first-order chi connectivity index (χ1) is 10.0. The lowest BCUT2D eigenvalue weighted by Gasteiger charge is -2.15. The molecule has 0 heterocycles. The van der Waals surface area contributed by atoms with Gasteiger partial charge in [-0.2, -0.15) is 0 Å². The minimum Gasteiger partial charge on any atom is -0.345 e. The summed E-state index contributed by atoms with van der Waals surface area (Å²) in [6.07, 6.45) is 1.02. The highest BCUT2D eigenvalue weighted by Gasteiger charge is 2.11. The van der Waals surface area contributed by atoms with Gasteiger partial charge in [-0.05, 0) is 35.2 Å². The fraction of sp³-hybridized carbons (Fsp3) is 0.278. The first-order valence-corrected chi connectivity index (χ1v) is 7.19. The summed E-state index contributed by atoms with van der Waals surface area (Å²) in [5.74, 6) is 0.00224. The third kappa shape index (κ3) is 3.50. The molecular weight excluding hydrogens is 260 g/mol. The molecule has 2 rings (SSSR count). The minimum absolute atomic E-state index is 0.00224. The average Bonchev–Trinajstić information content (AvgIpc) is 2.53. The summed E-state index contributed by atoms with van der Waals surface area (Å²) in [6, 6.07) is 15.7. The van der Waals surface area contributed by atoms with Gasteiger partial charge in [0.1, 0.15) is 0 Å². The lowest BCUT2D eigenvalue weighted by molar-refractivity contribution is 0.0827. The van der Waals surface area contributed by atoms with Gasteiger partial charge in [-0.3, -0.25) is 4.79 Å². The number of benzene rings is 2. The number of nitrogens with two attached hydrogens (primary N) is 1. The predicted molar refractivity (Wildman–Crippen MR) is 86.3 cm³/mol. The predicted octanol–water partition coefficient (Wildman–Crippen LogP) is 3.00. The quantitative estimate of drug-likeness (QED) is 0.937. The molecule has 2 N–H and O–H groups in total. The van der Waals surface area contributed by atoms with Gasteiger partial charge < -0.3 is 10.6 Å². The molecule has 110 valence electrons. The third-order valence-electron chi connectivity index (χ3n) is 3.67. The standard InChI is InChI=1S/C18H22N2O/c1-4-13-5-7-14(8-6-13)17(19)15-9-11-16(12-10-15)18(21)20(2)3/h5-12,17H,4,19H2,1-3H3. The molecule has 21 heavy (non-hydrogen) atoms. The van der Waals surface area contributed by atoms with Crippen LogP contribution in [0.3, 0.4) is 0 Å². The fourth-order valence-corrected chi connectivity index (χ4v) is 2.24. The van der Waals surface area contributed by atoms with Crippen molar-refractivity contribution in [3.05, 3.63) is 70.8 Å². The molecule has 0 bridgehead atoms. The molecule has 3 nitrogen and oxygen atoms in total. The maximum Gasteiger partial charge on any atom is 0.253 e. The molecule has 0 aliphatic rings. The van der Waals surface area contributed by atoms with Gasteiger partial charge in [0.25, 0.3) is 5.91 Å². The van der Waals surface area contributed by atoms with Crippen molar-refractivity contribution < 1.29 is 4.79 Å². The summed E-state index contributed by atoms with van der Waals surface area (Å²) >= 11 is 0. The zero-order chi connectivity index (χ0) is 15.4. The Bertz CT molecular complexity index is 600. The van der Waals surface area contributed by atoms with E-state index >= 15 is 0 Å². The first kappa shape index (κ1) is 15.3. The molecule has 2 aromatic carbocycles. The highest BCUT2D eigenvalue weighted by Crippen LogP contribution is 2.21. The Morgan fingerprint density at radius 1 is 1.00 bits per heavy atom. The van der Waals surface area contributed by atoms with Crippen LogP contribution in [0.2, 0.25) is 0 Å². The Morgan fingerprint density at radius 3 is 1.90 bits per heavy atom. The summed E-state index contributed by atoms with van der Waals surface area (Å²) in [5, 5.41) is 0. The van der Waals surface area contributed by atoms with Crippen molar-refractivity contribution >= 4 is 5.91 Å². The second kappa shape index (κ2) is 6.55. The van der Waals surface area contributed by atoms with Crippen molar-refractivity contribution in [1.29, 1.82) is 0 Å². The number of rotatable bonds is 4. The number of hydrogen-bond acceptors (Lipinski definition) is 2. The fourth-order valence-electron chi connectivity index (χ4n) is 2.24. The van der Waals surface area contributed by atoms with Crippen molar-refractivity contribution in [3.63, 3.8) is 0 Å². The average molecular weight is 282 g/mol. The van der Waals surface area contributed by atoms with Gasteiger partial charge in [0.2, 0.25) is 0 Å². The summed E-state index contributed by atoms with van der Waals surface area (Å²) in [5.41, 5.74) is 10.4. The zero-order valence-corrected chi connectivity index (χ0v) is 12.8. The van der Waals surface area contributed by atoms with E-state index in [1.54, 1.807) is 19.0 Å². The normalized spacial score (nSPS) is 12.0. The topological polar surface area (TPSA) is 46.3 Å². The van der Waals surface area contributed by atoms with Gasteiger partial charge in [-0.15, -0.1) is 0 Å². The number of aryl methyl sites for hydroxylation is 1. The van der Waals surface area contributed by atoms with E-state index in [1.165, 1.54) is 5.56 Å². The van der Waals surface area contributed by atoms with Crippen LogP contribution in [0.5, 0.6) is 0 Å². The van der Waals surface area contributed by atoms with Crippen LogP contribution in [0.4, 0.5) is 0 Å². The summed E-state index contributed by atoms with van der Waals surface area (Å²) in [6.45, 7) is 2.13. The molecule has 1 atom stereocenters. The van der Waals surface area contributed by atoms with Crippen LogP contribution in [0.1, 0.15) is 40.0 Å². The molecular formula is C18H22N2O. The second-order valence-corrected chi connectivity index (χ2v) is 5.39. The van der Waals surface area contributed by atoms with Gasteiger partial charge in [0, 0.05) is 19.7 Å². The molecule has 0 saturated carbocycles. The molecule has 1 amide bonds. The Kier molecular flexibility index (Phi) is 4.76. The molecule has 0 radical (unpaired) electrons. The van der Waals surface area contributed by atoms with Crippen LogP contribution in [-0.4, -0.2) is 24.9 Å². The van der Waals surface area contributed by atoms with Crippen molar-refractivity contribution in [3.8, 4) is 0 Å². The van der Waals surface area contributed by atoms with Gasteiger partial charge in [-0.25, -0.2) is 0 Å². The molecule has 0 fully saturated rings. The van der Waals surface area contributed by atoms with E-state index in [0.717, 1.165) is 17.5 Å². The van der Waals surface area contributed by atoms with Crippen molar-refractivity contribution in [2.75, 3.05) is 14.1 Å². The number of carbonyl (C=O) groups is 1. The number of carbonyl (C=O) groups excluding carboxylic acids is 1. The van der Waals surface area contributed by atoms with Crippen molar-refractivity contribution in [1.82, 2.24) is 4.90 Å². The van der Waals surface area contributed by atoms with E-state index in [9.17, 15) is 4.79 Å². The zero-order valence-electron chi connectivity index (χ0n) is 12.8. The second-order valence-electron chi connectivity index (χ2n) is 5.39. The summed E-state index contributed by atoms with van der Waals surface area (Å²) < 4.78 is 0. The Balaban J connectivity index is 2.19. The van der Waals surface area contributed by atoms with Crippen molar-refractivity contribution in [2.24, 2.45) is 5.73 Å². The van der Waals surface area contributed by atoms with E-state index in [1.807, 2.05) is 24.3 Å². The van der Waals surface area contributed by atoms with Crippen LogP contribution in [0.15, 0.2) is 48.5 Å². The van der Waals surface area contributed by atoms with Crippen LogP contribution in [-0.2, 0) is 6.42 Å². The van der Waals surface area contributed by atoms with Crippen LogP contribution in [0.25, 0.3) is 0 Å². The monoisotopic (exact) mass is 282 g/mol. The smallest absolute Gasteiger partial charge is 0.253 e. The Hall–Kier alpha value is -2.13. The molecule has 0 saturated heterocycles. The largest absolute Gasteiger partial charge is 0.345 e. The highest BCUT2D eigenvalue weighted by atomic mass is 16.2. The van der Waals surface area contributed by atoms with E-state index in [4.69, 9.17) is 5.73 Å². The number of amides is 1. The van der Waals surface area contributed by atoms with E-state index in [2.05, 4.69) is 31.2 Å². The minimum atomic E-state index is -0.167. The highest BCUT2D eigenvalue weighted by molar-refractivity contribution is 5.93. The van der Waals surface area contributed by atoms with E-state index in [-0.39, 0.29) is 11.9 Å². The molecule has 0 aliphatic carbocycles. The van der Waals surface area contributed by atoms with E-state index in [0.29, 0.717) is 5.56 Å². The maximum absolute atomic E-state index is 11.9. The van der Waals surface area contributed by atoms with E-state index < -0.39 is 0 Å². The number of hydrogen-bond donors (Lipinski definition) is 1. The van der Waals surface area contributed by atoms with Gasteiger partial charge in [0.15, 0.2) is 0 Å². The number of nitrogens with zero attached hydrogens (tertiary/aromatic N) is 1. The van der Waals surface area contributed by atoms with Crippen LogP contribution >= 0.6 is 0 Å². The van der Waals surface area contributed by atoms with Gasteiger partial charge >= 0.3 is 0 Å². The molecule has 1 unspecified atom stereocenters. The summed E-state index contributed by atoms with van der Waals surface area (Å²) in [7, 11) is 3.49. The SMILES string of the molecule is CCc1ccc(C(N)c2ccc(C(=O)N(C)C)cc2)cc1. The lowest BCUT2D eigenvalue weighted by atomic mass is 9.97. The molecule has 0 aromatic heterocycles. The van der Waals surface area contributed by atoms with Crippen LogP contribution < -0.4 is 5.73 Å². The lowest BCUT2D eigenvalue weighted by Crippen LogP contribution is -2.21. The maximum atomic E-state index is 11.9. The molecule has 3 heteroatoms. The van der Waals surface area contributed by atoms with Crippen molar-refractivity contribution in [2.45, 2.75) is 19.4 Å². The third-order valence-corrected chi connectivity index (χ3v) is 3.67. The van der Waals surface area contributed by atoms with Gasteiger partial charge in [-0.1, -0.05) is 43.3 Å². The summed E-state index contributed by atoms with van der Waals surface area (Å²) in [4.78, 5) is 13.4. The van der Waals surface area contributed by atoms with Gasteiger partial charge in [0.05, 0.1) is 6.04 Å². The Labute approximate surface area is 126 Å². The molecule has 2 aromatic rings.